The van der Waals surface area contributed by atoms with Gasteiger partial charge in [0, 0.05) is 42.3 Å². The smallest absolute Gasteiger partial charge is 0.229 e. The molecule has 8 heteroatoms. The number of hydrogen-bond acceptors (Lipinski definition) is 6. The molecule has 0 spiro atoms. The van der Waals surface area contributed by atoms with Crippen molar-refractivity contribution >= 4 is 29.1 Å². The number of aromatic nitrogens is 4. The van der Waals surface area contributed by atoms with Crippen LogP contribution in [0.5, 0.6) is 0 Å². The highest BCUT2D eigenvalue weighted by Crippen LogP contribution is 2.28. The SMILES string of the molecule is CNc1cc(C)nc(Nc2ccc(Cl)c(-n3cc([C@@H]4CCCN4)cn3)c2)n1. The minimum Gasteiger partial charge on any atom is -0.373 e. The number of nitrogens with one attached hydrogen (secondary N) is 3. The van der Waals surface area contributed by atoms with Crippen LogP contribution in [0.25, 0.3) is 5.69 Å². The fourth-order valence-electron chi connectivity index (χ4n) is 3.27. The van der Waals surface area contributed by atoms with Crippen molar-refractivity contribution in [3.63, 3.8) is 0 Å². The molecule has 0 aliphatic carbocycles. The number of anilines is 3. The molecule has 3 heterocycles. The van der Waals surface area contributed by atoms with Gasteiger partial charge in [0.25, 0.3) is 0 Å². The molecular weight excluding hydrogens is 362 g/mol. The summed E-state index contributed by atoms with van der Waals surface area (Å²) in [5.74, 6) is 1.30. The van der Waals surface area contributed by atoms with E-state index in [4.69, 9.17) is 11.6 Å². The summed E-state index contributed by atoms with van der Waals surface area (Å²) in [4.78, 5) is 8.86. The molecule has 7 nitrogen and oxygen atoms in total. The molecule has 2 aromatic heterocycles. The predicted octanol–water partition coefficient (Wildman–Crippen LogP) is 3.83. The second-order valence-electron chi connectivity index (χ2n) is 6.63. The van der Waals surface area contributed by atoms with Gasteiger partial charge >= 0.3 is 0 Å². The van der Waals surface area contributed by atoms with E-state index in [-0.39, 0.29) is 0 Å². The average Bonchev–Trinajstić information content (AvgIpc) is 3.34. The average molecular weight is 384 g/mol. The Morgan fingerprint density at radius 3 is 2.93 bits per heavy atom. The Bertz CT molecular complexity index is 947. The topological polar surface area (TPSA) is 79.7 Å². The lowest BCUT2D eigenvalue weighted by Gasteiger charge is -2.11. The molecule has 3 N–H and O–H groups in total. The van der Waals surface area contributed by atoms with Gasteiger partial charge in [-0.05, 0) is 44.5 Å². The van der Waals surface area contributed by atoms with Crippen molar-refractivity contribution in [1.82, 2.24) is 25.1 Å². The lowest BCUT2D eigenvalue weighted by molar-refractivity contribution is 0.647. The van der Waals surface area contributed by atoms with Crippen LogP contribution in [-0.2, 0) is 0 Å². The maximum Gasteiger partial charge on any atom is 0.229 e. The molecular formula is C19H22ClN7. The van der Waals surface area contributed by atoms with E-state index in [0.717, 1.165) is 35.9 Å². The van der Waals surface area contributed by atoms with E-state index in [1.54, 1.807) is 0 Å². The minimum absolute atomic E-state index is 0.375. The van der Waals surface area contributed by atoms with E-state index >= 15 is 0 Å². The Kier molecular flexibility index (Phi) is 4.96. The first-order chi connectivity index (χ1) is 13.1. The number of rotatable bonds is 5. The van der Waals surface area contributed by atoms with Crippen LogP contribution in [0.2, 0.25) is 5.02 Å². The highest BCUT2D eigenvalue weighted by Gasteiger charge is 2.18. The molecule has 1 atom stereocenters. The van der Waals surface area contributed by atoms with Crippen molar-refractivity contribution in [2.45, 2.75) is 25.8 Å². The third-order valence-corrected chi connectivity index (χ3v) is 4.94. The maximum atomic E-state index is 6.43. The van der Waals surface area contributed by atoms with E-state index in [1.165, 1.54) is 12.0 Å². The van der Waals surface area contributed by atoms with Crippen LogP contribution in [0.4, 0.5) is 17.5 Å². The van der Waals surface area contributed by atoms with Crippen molar-refractivity contribution in [3.05, 3.63) is 52.9 Å². The van der Waals surface area contributed by atoms with Gasteiger partial charge in [0.05, 0.1) is 16.9 Å². The molecule has 0 bridgehead atoms. The summed E-state index contributed by atoms with van der Waals surface area (Å²) >= 11 is 6.43. The monoisotopic (exact) mass is 383 g/mol. The van der Waals surface area contributed by atoms with Crippen molar-refractivity contribution in [3.8, 4) is 5.69 Å². The van der Waals surface area contributed by atoms with Crippen molar-refractivity contribution in [1.29, 1.82) is 0 Å². The molecule has 0 amide bonds. The van der Waals surface area contributed by atoms with E-state index < -0.39 is 0 Å². The van der Waals surface area contributed by atoms with Gasteiger partial charge in [-0.2, -0.15) is 10.1 Å². The van der Waals surface area contributed by atoms with E-state index in [9.17, 15) is 0 Å². The molecule has 140 valence electrons. The van der Waals surface area contributed by atoms with Gasteiger partial charge in [0.2, 0.25) is 5.95 Å². The molecule has 1 aliphatic rings. The summed E-state index contributed by atoms with van der Waals surface area (Å²) in [5.41, 5.74) is 3.72. The van der Waals surface area contributed by atoms with Gasteiger partial charge in [-0.15, -0.1) is 0 Å². The highest BCUT2D eigenvalue weighted by molar-refractivity contribution is 6.32. The summed E-state index contributed by atoms with van der Waals surface area (Å²) < 4.78 is 1.82. The zero-order valence-electron chi connectivity index (χ0n) is 15.3. The van der Waals surface area contributed by atoms with Crippen molar-refractivity contribution in [2.75, 3.05) is 24.2 Å². The van der Waals surface area contributed by atoms with Gasteiger partial charge in [-0.1, -0.05) is 11.6 Å². The van der Waals surface area contributed by atoms with E-state index in [0.29, 0.717) is 17.0 Å². The standard InChI is InChI=1S/C19H22ClN7/c1-12-8-18(21-2)26-19(24-12)25-14-5-6-15(20)17(9-14)27-11-13(10-23-27)16-4-3-7-22-16/h5-6,8-11,16,22H,3-4,7H2,1-2H3,(H2,21,24,25,26)/t16-/m0/s1. The summed E-state index contributed by atoms with van der Waals surface area (Å²) in [7, 11) is 1.83. The van der Waals surface area contributed by atoms with Crippen molar-refractivity contribution in [2.24, 2.45) is 0 Å². The molecule has 1 aromatic carbocycles. The zero-order chi connectivity index (χ0) is 18.8. The van der Waals surface area contributed by atoms with Crippen LogP contribution in [0.3, 0.4) is 0 Å². The normalized spacial score (nSPS) is 16.5. The van der Waals surface area contributed by atoms with Crippen LogP contribution in [0, 0.1) is 6.92 Å². The second kappa shape index (κ2) is 7.54. The Balaban J connectivity index is 1.61. The number of aryl methyl sites for hydroxylation is 1. The summed E-state index contributed by atoms with van der Waals surface area (Å²) in [6.45, 7) is 2.99. The Morgan fingerprint density at radius 2 is 2.15 bits per heavy atom. The molecule has 1 aliphatic heterocycles. The van der Waals surface area contributed by atoms with E-state index in [2.05, 4.69) is 31.0 Å². The number of halogens is 1. The Hall–Kier alpha value is -2.64. The van der Waals surface area contributed by atoms with Gasteiger partial charge in [-0.25, -0.2) is 9.67 Å². The Labute approximate surface area is 163 Å². The first-order valence-corrected chi connectivity index (χ1v) is 9.38. The largest absolute Gasteiger partial charge is 0.373 e. The molecule has 0 saturated carbocycles. The molecule has 27 heavy (non-hydrogen) atoms. The highest BCUT2D eigenvalue weighted by atomic mass is 35.5. The summed E-state index contributed by atoms with van der Waals surface area (Å²) in [5, 5.41) is 14.9. The molecule has 1 fully saturated rings. The van der Waals surface area contributed by atoms with Crippen LogP contribution in [0.1, 0.15) is 30.1 Å². The fourth-order valence-corrected chi connectivity index (χ4v) is 3.47. The first kappa shape index (κ1) is 17.8. The number of nitrogens with zero attached hydrogens (tertiary/aromatic N) is 4. The molecule has 3 aromatic rings. The van der Waals surface area contributed by atoms with Gasteiger partial charge in [-0.3, -0.25) is 0 Å². The third kappa shape index (κ3) is 3.89. The zero-order valence-corrected chi connectivity index (χ0v) is 16.1. The minimum atomic E-state index is 0.375. The number of benzene rings is 1. The van der Waals surface area contributed by atoms with Gasteiger partial charge in [0.15, 0.2) is 0 Å². The van der Waals surface area contributed by atoms with Crippen LogP contribution in [0.15, 0.2) is 36.7 Å². The quantitative estimate of drug-likeness (QED) is 0.621. The van der Waals surface area contributed by atoms with Gasteiger partial charge < -0.3 is 16.0 Å². The van der Waals surface area contributed by atoms with Crippen molar-refractivity contribution < 1.29 is 0 Å². The lowest BCUT2D eigenvalue weighted by atomic mass is 10.1. The van der Waals surface area contributed by atoms with Gasteiger partial charge in [0.1, 0.15) is 5.82 Å². The summed E-state index contributed by atoms with van der Waals surface area (Å²) in [6, 6.07) is 7.97. The van der Waals surface area contributed by atoms with Crippen LogP contribution in [-0.4, -0.2) is 33.3 Å². The second-order valence-corrected chi connectivity index (χ2v) is 7.03. The Morgan fingerprint density at radius 1 is 1.26 bits per heavy atom. The molecule has 1 saturated heterocycles. The molecule has 0 unspecified atom stereocenters. The molecule has 0 radical (unpaired) electrons. The van der Waals surface area contributed by atoms with Crippen LogP contribution >= 0.6 is 11.6 Å². The molecule has 4 rings (SSSR count). The lowest BCUT2D eigenvalue weighted by Crippen LogP contribution is -2.12. The maximum absolute atomic E-state index is 6.43. The predicted molar refractivity (Wildman–Crippen MR) is 108 cm³/mol. The van der Waals surface area contributed by atoms with E-state index in [1.807, 2.05) is 55.3 Å². The fraction of sp³-hybridized carbons (Fsp3) is 0.316. The first-order valence-electron chi connectivity index (χ1n) is 9.01. The summed E-state index contributed by atoms with van der Waals surface area (Å²) in [6.07, 6.45) is 6.28. The van der Waals surface area contributed by atoms with Crippen LogP contribution < -0.4 is 16.0 Å². The third-order valence-electron chi connectivity index (χ3n) is 4.62. The number of hydrogen-bond donors (Lipinski definition) is 3.